The van der Waals surface area contributed by atoms with Crippen molar-refractivity contribution < 1.29 is 9.90 Å². The van der Waals surface area contributed by atoms with Crippen LogP contribution >= 0.6 is 0 Å². The molecule has 0 bridgehead atoms. The van der Waals surface area contributed by atoms with E-state index in [9.17, 15) is 4.79 Å². The number of carboxylic acids is 1. The summed E-state index contributed by atoms with van der Waals surface area (Å²) < 4.78 is 0. The molecule has 0 amide bonds. The molecule has 0 aliphatic rings. The van der Waals surface area contributed by atoms with Crippen molar-refractivity contribution in [1.82, 2.24) is 9.97 Å². The topological polar surface area (TPSA) is 75.1 Å². The maximum atomic E-state index is 10.6. The number of anilines is 1. The van der Waals surface area contributed by atoms with E-state index < -0.39 is 5.97 Å². The van der Waals surface area contributed by atoms with Crippen molar-refractivity contribution >= 4 is 22.7 Å². The third-order valence-electron chi connectivity index (χ3n) is 2.64. The van der Waals surface area contributed by atoms with Crippen LogP contribution in [-0.2, 0) is 11.2 Å². The number of rotatable bonds is 5. The number of nitrogens with one attached hydrogen (secondary N) is 1. The second-order valence-corrected chi connectivity index (χ2v) is 4.70. The number of aryl methyl sites for hydroxylation is 1. The zero-order valence-electron chi connectivity index (χ0n) is 11.1. The third-order valence-corrected chi connectivity index (χ3v) is 2.64. The van der Waals surface area contributed by atoms with Gasteiger partial charge in [-0.05, 0) is 26.0 Å². The van der Waals surface area contributed by atoms with Crippen LogP contribution in [0, 0.1) is 0 Å². The highest BCUT2D eigenvalue weighted by Gasteiger charge is 2.09. The van der Waals surface area contributed by atoms with E-state index >= 15 is 0 Å². The van der Waals surface area contributed by atoms with Crippen LogP contribution < -0.4 is 5.32 Å². The summed E-state index contributed by atoms with van der Waals surface area (Å²) in [4.78, 5) is 19.5. The van der Waals surface area contributed by atoms with Crippen molar-refractivity contribution in [1.29, 1.82) is 0 Å². The first-order valence-corrected chi connectivity index (χ1v) is 6.30. The summed E-state index contributed by atoms with van der Waals surface area (Å²) in [6.07, 6.45) is 0.381. The minimum Gasteiger partial charge on any atom is -0.481 e. The van der Waals surface area contributed by atoms with E-state index in [0.717, 1.165) is 16.7 Å². The van der Waals surface area contributed by atoms with E-state index in [4.69, 9.17) is 5.11 Å². The number of aliphatic carboxylic acids is 1. The zero-order valence-corrected chi connectivity index (χ0v) is 11.1. The quantitative estimate of drug-likeness (QED) is 0.862. The molecule has 0 saturated heterocycles. The molecule has 0 atom stereocenters. The number of fused-ring (bicyclic) bond motifs is 1. The van der Waals surface area contributed by atoms with Crippen molar-refractivity contribution in [2.75, 3.05) is 5.32 Å². The number of carbonyl (C=O) groups is 1. The first kappa shape index (κ1) is 13.3. The van der Waals surface area contributed by atoms with Crippen molar-refractivity contribution in [2.45, 2.75) is 32.7 Å². The van der Waals surface area contributed by atoms with Gasteiger partial charge in [0, 0.05) is 17.8 Å². The minimum absolute atomic E-state index is 0.0411. The lowest BCUT2D eigenvalue weighted by Crippen LogP contribution is -2.13. The second-order valence-electron chi connectivity index (χ2n) is 4.70. The van der Waals surface area contributed by atoms with Crippen molar-refractivity contribution in [3.05, 3.63) is 30.1 Å². The molecule has 19 heavy (non-hydrogen) atoms. The Kier molecular flexibility index (Phi) is 3.94. The Labute approximate surface area is 111 Å². The van der Waals surface area contributed by atoms with Crippen molar-refractivity contribution in [2.24, 2.45) is 0 Å². The fourth-order valence-electron chi connectivity index (χ4n) is 1.84. The largest absolute Gasteiger partial charge is 0.481 e. The molecule has 0 unspecified atom stereocenters. The lowest BCUT2D eigenvalue weighted by Gasteiger charge is -2.12. The highest BCUT2D eigenvalue weighted by atomic mass is 16.4. The predicted octanol–water partition coefficient (Wildman–Crippen LogP) is 2.47. The Balaban J connectivity index is 2.41. The Morgan fingerprint density at radius 1 is 1.32 bits per heavy atom. The lowest BCUT2D eigenvalue weighted by molar-refractivity contribution is -0.137. The molecule has 0 aliphatic carbocycles. The monoisotopic (exact) mass is 259 g/mol. The minimum atomic E-state index is -0.838. The van der Waals surface area contributed by atoms with Crippen LogP contribution in [0.5, 0.6) is 0 Å². The van der Waals surface area contributed by atoms with Gasteiger partial charge in [-0.1, -0.05) is 12.1 Å². The van der Waals surface area contributed by atoms with Gasteiger partial charge in [0.25, 0.3) is 0 Å². The number of benzene rings is 1. The Hall–Kier alpha value is -2.17. The van der Waals surface area contributed by atoms with Crippen LogP contribution in [-0.4, -0.2) is 27.1 Å². The van der Waals surface area contributed by atoms with Crippen LogP contribution in [0.4, 0.5) is 5.82 Å². The first-order valence-electron chi connectivity index (χ1n) is 6.30. The number of nitrogens with zero attached hydrogens (tertiary/aromatic N) is 2. The fraction of sp³-hybridized carbons (Fsp3) is 0.357. The molecule has 1 aromatic heterocycles. The van der Waals surface area contributed by atoms with Crippen LogP contribution in [0.3, 0.4) is 0 Å². The van der Waals surface area contributed by atoms with Crippen LogP contribution in [0.25, 0.3) is 10.9 Å². The van der Waals surface area contributed by atoms with Gasteiger partial charge < -0.3 is 10.4 Å². The van der Waals surface area contributed by atoms with Crippen molar-refractivity contribution in [3.8, 4) is 0 Å². The van der Waals surface area contributed by atoms with Crippen molar-refractivity contribution in [3.63, 3.8) is 0 Å². The molecule has 100 valence electrons. The number of hydrogen-bond donors (Lipinski definition) is 2. The average molecular weight is 259 g/mol. The Bertz CT molecular complexity index is 596. The molecule has 1 aromatic carbocycles. The van der Waals surface area contributed by atoms with Gasteiger partial charge in [0.1, 0.15) is 11.6 Å². The number of para-hydroxylation sites is 1. The maximum absolute atomic E-state index is 10.6. The number of carboxylic acid groups (broad SMARTS) is 1. The predicted molar refractivity (Wildman–Crippen MR) is 74.3 cm³/mol. The van der Waals surface area contributed by atoms with E-state index in [1.54, 1.807) is 0 Å². The average Bonchev–Trinajstić information content (AvgIpc) is 2.35. The standard InChI is InChI=1S/C14H17N3O2/c1-9(2)15-14-10-5-3-4-6-11(10)16-12(17-14)7-8-13(18)19/h3-6,9H,7-8H2,1-2H3,(H,18,19)(H,15,16,17). The molecule has 2 N–H and O–H groups in total. The molecule has 5 heteroatoms. The Morgan fingerprint density at radius 3 is 2.74 bits per heavy atom. The maximum Gasteiger partial charge on any atom is 0.303 e. The van der Waals surface area contributed by atoms with Crippen LogP contribution in [0.15, 0.2) is 24.3 Å². The SMILES string of the molecule is CC(C)Nc1nc(CCC(=O)O)nc2ccccc12. The van der Waals surface area contributed by atoms with E-state index in [1.165, 1.54) is 0 Å². The van der Waals surface area contributed by atoms with Gasteiger partial charge in [-0.2, -0.15) is 0 Å². The summed E-state index contributed by atoms with van der Waals surface area (Å²) in [5.41, 5.74) is 0.834. The lowest BCUT2D eigenvalue weighted by atomic mass is 10.2. The van der Waals surface area contributed by atoms with Crippen LogP contribution in [0.1, 0.15) is 26.1 Å². The molecule has 2 aromatic rings. The van der Waals surface area contributed by atoms with Gasteiger partial charge in [0.15, 0.2) is 0 Å². The van der Waals surface area contributed by atoms with Gasteiger partial charge in [0.2, 0.25) is 0 Å². The summed E-state index contributed by atoms with van der Waals surface area (Å²) in [5.74, 6) is 0.486. The molecule has 1 heterocycles. The number of aromatic nitrogens is 2. The van der Waals surface area contributed by atoms with E-state index in [1.807, 2.05) is 38.1 Å². The molecule has 0 spiro atoms. The first-order chi connectivity index (χ1) is 9.06. The highest BCUT2D eigenvalue weighted by molar-refractivity contribution is 5.89. The summed E-state index contributed by atoms with van der Waals surface area (Å²) >= 11 is 0. The van der Waals surface area contributed by atoms with E-state index in [2.05, 4.69) is 15.3 Å². The van der Waals surface area contributed by atoms with E-state index in [0.29, 0.717) is 12.2 Å². The molecular formula is C14H17N3O2. The normalized spacial score (nSPS) is 10.9. The van der Waals surface area contributed by atoms with Crippen LogP contribution in [0.2, 0.25) is 0 Å². The molecule has 5 nitrogen and oxygen atoms in total. The van der Waals surface area contributed by atoms with Gasteiger partial charge in [-0.25, -0.2) is 9.97 Å². The molecule has 0 fully saturated rings. The molecule has 2 rings (SSSR count). The number of hydrogen-bond acceptors (Lipinski definition) is 4. The molecule has 0 aliphatic heterocycles. The second kappa shape index (κ2) is 5.65. The van der Waals surface area contributed by atoms with E-state index in [-0.39, 0.29) is 12.5 Å². The molecular weight excluding hydrogens is 242 g/mol. The Morgan fingerprint density at radius 2 is 2.05 bits per heavy atom. The smallest absolute Gasteiger partial charge is 0.303 e. The van der Waals surface area contributed by atoms with Gasteiger partial charge >= 0.3 is 5.97 Å². The van der Waals surface area contributed by atoms with Gasteiger partial charge in [-0.3, -0.25) is 4.79 Å². The summed E-state index contributed by atoms with van der Waals surface area (Å²) in [7, 11) is 0. The summed E-state index contributed by atoms with van der Waals surface area (Å²) in [6, 6.07) is 7.97. The molecule has 0 radical (unpaired) electrons. The zero-order chi connectivity index (χ0) is 13.8. The molecule has 0 saturated carbocycles. The van der Waals surface area contributed by atoms with Gasteiger partial charge in [-0.15, -0.1) is 0 Å². The van der Waals surface area contributed by atoms with Gasteiger partial charge in [0.05, 0.1) is 11.9 Å². The highest BCUT2D eigenvalue weighted by Crippen LogP contribution is 2.21. The third kappa shape index (κ3) is 3.40. The summed E-state index contributed by atoms with van der Waals surface area (Å²) in [6.45, 7) is 4.07. The summed E-state index contributed by atoms with van der Waals surface area (Å²) in [5, 5.41) is 13.0. The fourth-order valence-corrected chi connectivity index (χ4v) is 1.84.